The second-order valence-corrected chi connectivity index (χ2v) is 4.45. The Kier molecular flexibility index (Phi) is 6.57. The Morgan fingerprint density at radius 1 is 1.41 bits per heavy atom. The van der Waals surface area contributed by atoms with Crippen LogP contribution in [-0.2, 0) is 4.79 Å². The molecular formula is C11H22N2O4. The standard InChI is InChI=1S/C11H22N2O4/c1-4-5-6-8(2)13-10(16)12-7-11(3,17)9(14)15/h8,17H,4-7H2,1-3H3,(H,14,15)(H2,12,13,16). The summed E-state index contributed by atoms with van der Waals surface area (Å²) in [4.78, 5) is 21.9. The number of carboxylic acids is 1. The molecule has 2 amide bonds. The Bertz CT molecular complexity index is 266. The van der Waals surface area contributed by atoms with Crippen LogP contribution in [0.4, 0.5) is 4.79 Å². The highest BCUT2D eigenvalue weighted by molar-refractivity contribution is 5.79. The van der Waals surface area contributed by atoms with E-state index in [9.17, 15) is 14.7 Å². The van der Waals surface area contributed by atoms with Gasteiger partial charge in [-0.25, -0.2) is 9.59 Å². The lowest BCUT2D eigenvalue weighted by Gasteiger charge is -2.20. The summed E-state index contributed by atoms with van der Waals surface area (Å²) < 4.78 is 0. The minimum atomic E-state index is -1.94. The molecule has 6 heteroatoms. The van der Waals surface area contributed by atoms with Crippen molar-refractivity contribution >= 4 is 12.0 Å². The maximum Gasteiger partial charge on any atom is 0.337 e. The van der Waals surface area contributed by atoms with Crippen molar-refractivity contribution in [1.29, 1.82) is 0 Å². The highest BCUT2D eigenvalue weighted by atomic mass is 16.4. The van der Waals surface area contributed by atoms with Crippen molar-refractivity contribution in [2.45, 2.75) is 51.7 Å². The third-order valence-corrected chi connectivity index (χ3v) is 2.42. The van der Waals surface area contributed by atoms with Gasteiger partial charge >= 0.3 is 12.0 Å². The van der Waals surface area contributed by atoms with Crippen molar-refractivity contribution in [3.05, 3.63) is 0 Å². The van der Waals surface area contributed by atoms with E-state index in [0.717, 1.165) is 26.2 Å². The third-order valence-electron chi connectivity index (χ3n) is 2.42. The number of unbranched alkanes of at least 4 members (excludes halogenated alkanes) is 1. The molecule has 2 atom stereocenters. The van der Waals surface area contributed by atoms with E-state index < -0.39 is 17.6 Å². The Balaban J connectivity index is 3.91. The first-order valence-electron chi connectivity index (χ1n) is 5.79. The average molecular weight is 246 g/mol. The topological polar surface area (TPSA) is 98.7 Å². The maximum atomic E-state index is 11.4. The van der Waals surface area contributed by atoms with Crippen LogP contribution in [0.3, 0.4) is 0 Å². The number of amides is 2. The SMILES string of the molecule is CCCCC(C)NC(=O)NCC(C)(O)C(=O)O. The third kappa shape index (κ3) is 6.78. The molecule has 0 spiro atoms. The van der Waals surface area contributed by atoms with Crippen LogP contribution >= 0.6 is 0 Å². The summed E-state index contributed by atoms with van der Waals surface area (Å²) in [7, 11) is 0. The van der Waals surface area contributed by atoms with Gasteiger partial charge in [0, 0.05) is 6.04 Å². The maximum absolute atomic E-state index is 11.4. The van der Waals surface area contributed by atoms with Gasteiger partial charge in [0.25, 0.3) is 0 Å². The minimum Gasteiger partial charge on any atom is -0.479 e. The molecule has 0 radical (unpaired) electrons. The molecule has 2 unspecified atom stereocenters. The molecule has 0 rings (SSSR count). The Labute approximate surface area is 101 Å². The molecule has 6 nitrogen and oxygen atoms in total. The molecule has 0 saturated heterocycles. The van der Waals surface area contributed by atoms with Gasteiger partial charge in [-0.05, 0) is 20.3 Å². The van der Waals surface area contributed by atoms with E-state index in [4.69, 9.17) is 5.11 Å². The van der Waals surface area contributed by atoms with Gasteiger partial charge in [-0.1, -0.05) is 19.8 Å². The molecule has 0 saturated carbocycles. The van der Waals surface area contributed by atoms with Crippen molar-refractivity contribution < 1.29 is 19.8 Å². The van der Waals surface area contributed by atoms with Gasteiger partial charge in [0.05, 0.1) is 6.54 Å². The molecule has 0 aromatic carbocycles. The first kappa shape index (κ1) is 15.7. The van der Waals surface area contributed by atoms with Crippen molar-refractivity contribution in [3.63, 3.8) is 0 Å². The first-order chi connectivity index (χ1) is 7.79. The number of carbonyl (C=O) groups excluding carboxylic acids is 1. The molecule has 4 N–H and O–H groups in total. The zero-order chi connectivity index (χ0) is 13.5. The Morgan fingerprint density at radius 3 is 2.47 bits per heavy atom. The van der Waals surface area contributed by atoms with Crippen LogP contribution < -0.4 is 10.6 Å². The Hall–Kier alpha value is -1.30. The predicted octanol–water partition coefficient (Wildman–Crippen LogP) is 0.700. The summed E-state index contributed by atoms with van der Waals surface area (Å²) in [6.07, 6.45) is 2.95. The molecule has 0 aliphatic rings. The van der Waals surface area contributed by atoms with Crippen LogP contribution in [0, 0.1) is 0 Å². The lowest BCUT2D eigenvalue weighted by atomic mass is 10.1. The molecular weight excluding hydrogens is 224 g/mol. The normalized spacial score (nSPS) is 15.8. The largest absolute Gasteiger partial charge is 0.479 e. The van der Waals surface area contributed by atoms with Gasteiger partial charge in [0.2, 0.25) is 0 Å². The smallest absolute Gasteiger partial charge is 0.337 e. The van der Waals surface area contributed by atoms with Crippen molar-refractivity contribution in [3.8, 4) is 0 Å². The second kappa shape index (κ2) is 7.11. The van der Waals surface area contributed by atoms with Crippen molar-refractivity contribution in [2.24, 2.45) is 0 Å². The number of hydrogen-bond donors (Lipinski definition) is 4. The highest BCUT2D eigenvalue weighted by Crippen LogP contribution is 2.01. The second-order valence-electron chi connectivity index (χ2n) is 4.45. The monoisotopic (exact) mass is 246 g/mol. The van der Waals surface area contributed by atoms with E-state index in [1.54, 1.807) is 0 Å². The van der Waals surface area contributed by atoms with Crippen molar-refractivity contribution in [1.82, 2.24) is 10.6 Å². The number of rotatable bonds is 7. The molecule has 17 heavy (non-hydrogen) atoms. The van der Waals surface area contributed by atoms with Gasteiger partial charge in [0.15, 0.2) is 5.60 Å². The van der Waals surface area contributed by atoms with E-state index in [-0.39, 0.29) is 12.6 Å². The number of nitrogens with one attached hydrogen (secondary N) is 2. The Morgan fingerprint density at radius 2 is 2.00 bits per heavy atom. The first-order valence-corrected chi connectivity index (χ1v) is 5.79. The quantitative estimate of drug-likeness (QED) is 0.531. The molecule has 0 aliphatic carbocycles. The zero-order valence-electron chi connectivity index (χ0n) is 10.6. The van der Waals surface area contributed by atoms with E-state index in [0.29, 0.717) is 0 Å². The summed E-state index contributed by atoms with van der Waals surface area (Å²) in [5.74, 6) is -1.36. The van der Waals surface area contributed by atoms with Crippen LogP contribution in [0.25, 0.3) is 0 Å². The lowest BCUT2D eigenvalue weighted by molar-refractivity contribution is -0.155. The van der Waals surface area contributed by atoms with Gasteiger partial charge in [-0.2, -0.15) is 0 Å². The van der Waals surface area contributed by atoms with E-state index >= 15 is 0 Å². The van der Waals surface area contributed by atoms with Crippen LogP contribution in [0.5, 0.6) is 0 Å². The van der Waals surface area contributed by atoms with Crippen LogP contribution in [0.1, 0.15) is 40.0 Å². The summed E-state index contributed by atoms with van der Waals surface area (Å²) in [5.41, 5.74) is -1.94. The van der Waals surface area contributed by atoms with E-state index in [2.05, 4.69) is 17.6 Å². The number of carbonyl (C=O) groups is 2. The van der Waals surface area contributed by atoms with Gasteiger partial charge < -0.3 is 20.8 Å². The molecule has 0 aromatic rings. The fourth-order valence-electron chi connectivity index (χ4n) is 1.19. The van der Waals surface area contributed by atoms with Gasteiger partial charge in [-0.15, -0.1) is 0 Å². The zero-order valence-corrected chi connectivity index (χ0v) is 10.6. The lowest BCUT2D eigenvalue weighted by Crippen LogP contribution is -2.50. The number of aliphatic carboxylic acids is 1. The average Bonchev–Trinajstić information content (AvgIpc) is 2.23. The van der Waals surface area contributed by atoms with E-state index in [1.165, 1.54) is 0 Å². The summed E-state index contributed by atoms with van der Waals surface area (Å²) >= 11 is 0. The molecule has 0 fully saturated rings. The van der Waals surface area contributed by atoms with Crippen molar-refractivity contribution in [2.75, 3.05) is 6.54 Å². The molecule has 0 heterocycles. The number of urea groups is 1. The molecule has 0 aliphatic heterocycles. The minimum absolute atomic E-state index is 0.0322. The van der Waals surface area contributed by atoms with E-state index in [1.807, 2.05) is 6.92 Å². The molecule has 100 valence electrons. The summed E-state index contributed by atoms with van der Waals surface area (Å²) in [6, 6.07) is -0.431. The highest BCUT2D eigenvalue weighted by Gasteiger charge is 2.30. The number of hydrogen-bond acceptors (Lipinski definition) is 3. The van der Waals surface area contributed by atoms with Crippen LogP contribution in [0.2, 0.25) is 0 Å². The number of aliphatic hydroxyl groups is 1. The summed E-state index contributed by atoms with van der Waals surface area (Å²) in [6.45, 7) is 4.76. The predicted molar refractivity (Wildman–Crippen MR) is 63.8 cm³/mol. The fraction of sp³-hybridized carbons (Fsp3) is 0.818. The molecule has 0 bridgehead atoms. The van der Waals surface area contributed by atoms with Crippen LogP contribution in [-0.4, -0.2) is 40.4 Å². The van der Waals surface area contributed by atoms with Crippen LogP contribution in [0.15, 0.2) is 0 Å². The fourth-order valence-corrected chi connectivity index (χ4v) is 1.19. The van der Waals surface area contributed by atoms with Gasteiger partial charge in [-0.3, -0.25) is 0 Å². The van der Waals surface area contributed by atoms with Gasteiger partial charge in [0.1, 0.15) is 0 Å². The molecule has 0 aromatic heterocycles. The number of carboxylic acid groups (broad SMARTS) is 1. The summed E-state index contributed by atoms with van der Waals surface area (Å²) in [5, 5.41) is 23.0.